The summed E-state index contributed by atoms with van der Waals surface area (Å²) in [7, 11) is 0. The molecular weight excluding hydrogens is 352 g/mol. The number of fused-ring (bicyclic) bond motifs is 2. The topological polar surface area (TPSA) is 17.1 Å². The van der Waals surface area contributed by atoms with Gasteiger partial charge in [0.25, 0.3) is 0 Å². The van der Waals surface area contributed by atoms with Gasteiger partial charge in [0.2, 0.25) is 0 Å². The zero-order chi connectivity index (χ0) is 18.9. The molecule has 8 rings (SSSR count). The van der Waals surface area contributed by atoms with Gasteiger partial charge in [0.15, 0.2) is 5.78 Å². The third-order valence-electron chi connectivity index (χ3n) is 7.13. The highest BCUT2D eigenvalue weighted by Gasteiger charge is 2.29. The monoisotopic (exact) mass is 366 g/mol. The van der Waals surface area contributed by atoms with Gasteiger partial charge < -0.3 is 0 Å². The summed E-state index contributed by atoms with van der Waals surface area (Å²) in [6, 6.07) is 25.8. The molecule has 0 N–H and O–H groups in total. The Morgan fingerprint density at radius 1 is 0.448 bits per heavy atom. The van der Waals surface area contributed by atoms with E-state index in [9.17, 15) is 4.79 Å². The lowest BCUT2D eigenvalue weighted by atomic mass is 9.75. The average Bonchev–Trinajstić information content (AvgIpc) is 2.77. The van der Waals surface area contributed by atoms with Crippen molar-refractivity contribution in [3.05, 3.63) is 95.1 Å². The molecule has 0 unspecified atom stereocenters. The summed E-state index contributed by atoms with van der Waals surface area (Å²) < 4.78 is 0. The Labute approximate surface area is 166 Å². The Bertz CT molecular complexity index is 1660. The lowest BCUT2D eigenvalue weighted by molar-refractivity contribution is 0.104. The van der Waals surface area contributed by atoms with E-state index >= 15 is 0 Å². The number of hydrogen-bond acceptors (Lipinski definition) is 1. The minimum Gasteiger partial charge on any atom is -0.289 e. The third kappa shape index (κ3) is 1.42. The van der Waals surface area contributed by atoms with Crippen molar-refractivity contribution < 1.29 is 4.79 Å². The molecule has 0 atom stereocenters. The van der Waals surface area contributed by atoms with Crippen molar-refractivity contribution in [3.8, 4) is 0 Å². The largest absolute Gasteiger partial charge is 0.289 e. The minimum absolute atomic E-state index is 0.151. The predicted molar refractivity (Wildman–Crippen MR) is 120 cm³/mol. The average molecular weight is 366 g/mol. The number of hydrogen-bond donors (Lipinski definition) is 0. The van der Waals surface area contributed by atoms with Gasteiger partial charge in [0.05, 0.1) is 0 Å². The van der Waals surface area contributed by atoms with E-state index in [2.05, 4.69) is 48.5 Å². The van der Waals surface area contributed by atoms with E-state index < -0.39 is 0 Å². The number of rotatable bonds is 0. The number of carbonyl (C=O) groups is 1. The van der Waals surface area contributed by atoms with Crippen molar-refractivity contribution in [1.29, 1.82) is 0 Å². The summed E-state index contributed by atoms with van der Waals surface area (Å²) in [6.45, 7) is 0. The normalized spacial score (nSPS) is 14.1. The first-order valence-electron chi connectivity index (χ1n) is 10.1. The van der Waals surface area contributed by atoms with Crippen LogP contribution in [0.3, 0.4) is 0 Å². The zero-order valence-corrected chi connectivity index (χ0v) is 15.5. The van der Waals surface area contributed by atoms with Crippen LogP contribution in [0, 0.1) is 0 Å². The molecule has 2 aliphatic rings. The van der Waals surface area contributed by atoms with Gasteiger partial charge in [-0.05, 0) is 55.3 Å². The van der Waals surface area contributed by atoms with Gasteiger partial charge in [-0.25, -0.2) is 0 Å². The van der Waals surface area contributed by atoms with Gasteiger partial charge >= 0.3 is 0 Å². The summed E-state index contributed by atoms with van der Waals surface area (Å²) in [6.07, 6.45) is 0.964. The predicted octanol–water partition coefficient (Wildman–Crippen LogP) is 6.90. The van der Waals surface area contributed by atoms with Crippen LogP contribution in [0.2, 0.25) is 0 Å². The highest BCUT2D eigenvalue weighted by molar-refractivity contribution is 6.47. The van der Waals surface area contributed by atoms with Gasteiger partial charge in [-0.3, -0.25) is 4.79 Å². The molecule has 0 saturated carbocycles. The molecule has 6 aromatic rings. The summed E-state index contributed by atoms with van der Waals surface area (Å²) >= 11 is 0. The van der Waals surface area contributed by atoms with Crippen LogP contribution < -0.4 is 0 Å². The van der Waals surface area contributed by atoms with Crippen molar-refractivity contribution >= 4 is 59.6 Å². The van der Waals surface area contributed by atoms with Crippen molar-refractivity contribution in [2.75, 3.05) is 0 Å². The molecule has 6 aromatic carbocycles. The Hall–Kier alpha value is -3.71. The molecule has 0 aliphatic heterocycles. The maximum absolute atomic E-state index is 13.5. The van der Waals surface area contributed by atoms with Crippen LogP contribution in [-0.4, -0.2) is 5.78 Å². The fraction of sp³-hybridized carbons (Fsp3) is 0.0357. The zero-order valence-electron chi connectivity index (χ0n) is 15.5. The van der Waals surface area contributed by atoms with Gasteiger partial charge in [0.1, 0.15) is 0 Å². The standard InChI is InChI=1S/C28H14O/c29-28-20-11-3-9-18-16-7-1-5-14-13-15-6-2-8-17-19-10-4-12-21(28)25(19)27(24(18)20)26(22(14)16)23(15)17/h1-12H,13H2. The molecule has 0 radical (unpaired) electrons. The van der Waals surface area contributed by atoms with Crippen molar-refractivity contribution in [3.63, 3.8) is 0 Å². The molecule has 0 heterocycles. The Kier molecular flexibility index (Phi) is 2.21. The first-order chi connectivity index (χ1) is 14.3. The summed E-state index contributed by atoms with van der Waals surface area (Å²) in [5, 5.41) is 12.6. The number of carbonyl (C=O) groups excluding carboxylic acids is 1. The first-order valence-corrected chi connectivity index (χ1v) is 10.1. The fourth-order valence-corrected chi connectivity index (χ4v) is 6.11. The van der Waals surface area contributed by atoms with E-state index in [1.54, 1.807) is 0 Å². The van der Waals surface area contributed by atoms with Crippen LogP contribution in [-0.2, 0) is 6.42 Å². The summed E-state index contributed by atoms with van der Waals surface area (Å²) in [5.41, 5.74) is 4.47. The van der Waals surface area contributed by atoms with Crippen LogP contribution in [0.15, 0.2) is 72.8 Å². The molecule has 1 heteroatoms. The van der Waals surface area contributed by atoms with Crippen LogP contribution in [0.1, 0.15) is 27.0 Å². The minimum atomic E-state index is 0.151. The molecule has 1 nitrogen and oxygen atoms in total. The molecule has 0 spiro atoms. The third-order valence-corrected chi connectivity index (χ3v) is 7.13. The summed E-state index contributed by atoms with van der Waals surface area (Å²) in [4.78, 5) is 13.5. The van der Waals surface area contributed by atoms with E-state index in [0.29, 0.717) is 0 Å². The van der Waals surface area contributed by atoms with E-state index in [1.807, 2.05) is 24.3 Å². The van der Waals surface area contributed by atoms with Gasteiger partial charge in [-0.2, -0.15) is 0 Å². The molecule has 2 aliphatic carbocycles. The molecule has 132 valence electrons. The SMILES string of the molecule is O=C1c2cccc3c4cccc5c4c4c6c(cccc6c6cccc1c6c4c23)C5. The molecular formula is C28H14O. The highest BCUT2D eigenvalue weighted by atomic mass is 16.1. The number of benzene rings is 6. The van der Waals surface area contributed by atoms with E-state index in [-0.39, 0.29) is 5.78 Å². The second-order valence-corrected chi connectivity index (χ2v) is 8.39. The highest BCUT2D eigenvalue weighted by Crippen LogP contribution is 2.51. The van der Waals surface area contributed by atoms with Crippen LogP contribution in [0.4, 0.5) is 0 Å². The Morgan fingerprint density at radius 3 is 1.38 bits per heavy atom. The fourth-order valence-electron chi connectivity index (χ4n) is 6.11. The van der Waals surface area contributed by atoms with E-state index in [1.165, 1.54) is 54.2 Å². The molecule has 29 heavy (non-hydrogen) atoms. The van der Waals surface area contributed by atoms with Crippen molar-refractivity contribution in [2.45, 2.75) is 6.42 Å². The molecule has 0 bridgehead atoms. The van der Waals surface area contributed by atoms with Gasteiger partial charge in [-0.1, -0.05) is 72.8 Å². The maximum Gasteiger partial charge on any atom is 0.194 e. The van der Waals surface area contributed by atoms with Gasteiger partial charge in [0, 0.05) is 27.3 Å². The van der Waals surface area contributed by atoms with Crippen LogP contribution in [0.25, 0.3) is 53.9 Å². The second-order valence-electron chi connectivity index (χ2n) is 8.39. The maximum atomic E-state index is 13.5. The first kappa shape index (κ1) is 14.3. The Balaban J connectivity index is 1.95. The lowest BCUT2D eigenvalue weighted by Gasteiger charge is -2.27. The smallest absolute Gasteiger partial charge is 0.194 e. The molecule has 0 saturated heterocycles. The van der Waals surface area contributed by atoms with Crippen LogP contribution >= 0.6 is 0 Å². The van der Waals surface area contributed by atoms with Crippen LogP contribution in [0.5, 0.6) is 0 Å². The van der Waals surface area contributed by atoms with Crippen molar-refractivity contribution in [2.24, 2.45) is 0 Å². The van der Waals surface area contributed by atoms with Crippen molar-refractivity contribution in [1.82, 2.24) is 0 Å². The van der Waals surface area contributed by atoms with E-state index in [0.717, 1.165) is 28.3 Å². The lowest BCUT2D eigenvalue weighted by Crippen LogP contribution is -2.10. The van der Waals surface area contributed by atoms with E-state index in [4.69, 9.17) is 0 Å². The summed E-state index contributed by atoms with van der Waals surface area (Å²) in [5.74, 6) is 0.151. The quantitative estimate of drug-likeness (QED) is 0.267. The molecule has 0 fully saturated rings. The second kappa shape index (κ2) is 4.47. The van der Waals surface area contributed by atoms with Gasteiger partial charge in [-0.15, -0.1) is 0 Å². The molecule has 0 aromatic heterocycles. The Morgan fingerprint density at radius 2 is 0.862 bits per heavy atom. The number of ketones is 1. The molecule has 0 amide bonds.